The first kappa shape index (κ1) is 12.8. The molecule has 0 heterocycles. The number of allylic oxidation sites excluding steroid dienone is 2. The van der Waals surface area contributed by atoms with Gasteiger partial charge in [0.1, 0.15) is 0 Å². The average Bonchev–Trinajstić information content (AvgIpc) is 1.93. The van der Waals surface area contributed by atoms with Gasteiger partial charge in [-0.3, -0.25) is 0 Å². The summed E-state index contributed by atoms with van der Waals surface area (Å²) in [5, 5.41) is 0. The van der Waals surface area contributed by atoms with Crippen LogP contribution in [-0.4, -0.2) is 0 Å². The van der Waals surface area contributed by atoms with Gasteiger partial charge in [0, 0.05) is 0 Å². The highest BCUT2D eigenvalue weighted by Crippen LogP contribution is 2.44. The maximum Gasteiger partial charge on any atom is -0.0173 e. The maximum atomic E-state index is 2.53. The van der Waals surface area contributed by atoms with Crippen LogP contribution in [0.15, 0.2) is 11.6 Å². The normalized spacial score (nSPS) is 22.3. The number of hydrogen-bond donors (Lipinski definition) is 0. The van der Waals surface area contributed by atoms with Crippen LogP contribution in [0.1, 0.15) is 67.2 Å². The quantitative estimate of drug-likeness (QED) is 0.557. The SMILES string of the molecule is CCCC(C)(C)CC1C=C(C(C)(C)C)C1. The minimum absolute atomic E-state index is 0.408. The summed E-state index contributed by atoms with van der Waals surface area (Å²) in [5.41, 5.74) is 2.62. The van der Waals surface area contributed by atoms with Crippen molar-refractivity contribution in [3.63, 3.8) is 0 Å². The largest absolute Gasteiger partial charge is 0.0813 e. The van der Waals surface area contributed by atoms with E-state index in [1.165, 1.54) is 25.7 Å². The van der Waals surface area contributed by atoms with Crippen molar-refractivity contribution in [1.29, 1.82) is 0 Å². The van der Waals surface area contributed by atoms with Gasteiger partial charge in [0.2, 0.25) is 0 Å². The molecule has 1 rings (SSSR count). The zero-order chi connectivity index (χ0) is 11.7. The molecular formula is C15H28. The summed E-state index contributed by atoms with van der Waals surface area (Å²) in [6, 6.07) is 0. The van der Waals surface area contributed by atoms with E-state index in [4.69, 9.17) is 0 Å². The van der Waals surface area contributed by atoms with Crippen LogP contribution in [0.4, 0.5) is 0 Å². The van der Waals surface area contributed by atoms with Crippen molar-refractivity contribution in [3.8, 4) is 0 Å². The fourth-order valence-electron chi connectivity index (χ4n) is 2.71. The van der Waals surface area contributed by atoms with Gasteiger partial charge in [0.15, 0.2) is 0 Å². The summed E-state index contributed by atoms with van der Waals surface area (Å²) in [7, 11) is 0. The first-order valence-corrected chi connectivity index (χ1v) is 6.46. The molecule has 0 heteroatoms. The van der Waals surface area contributed by atoms with Gasteiger partial charge < -0.3 is 0 Å². The van der Waals surface area contributed by atoms with E-state index >= 15 is 0 Å². The Labute approximate surface area is 96.2 Å². The van der Waals surface area contributed by atoms with E-state index in [1.807, 2.05) is 0 Å². The molecule has 0 aromatic rings. The van der Waals surface area contributed by atoms with E-state index in [-0.39, 0.29) is 0 Å². The van der Waals surface area contributed by atoms with Gasteiger partial charge in [0.25, 0.3) is 0 Å². The summed E-state index contributed by atoms with van der Waals surface area (Å²) in [5.74, 6) is 0.862. The van der Waals surface area contributed by atoms with Crippen molar-refractivity contribution < 1.29 is 0 Å². The fourth-order valence-corrected chi connectivity index (χ4v) is 2.71. The molecule has 0 aromatic heterocycles. The summed E-state index contributed by atoms with van der Waals surface area (Å²) < 4.78 is 0. The van der Waals surface area contributed by atoms with Crippen molar-refractivity contribution in [3.05, 3.63) is 11.6 Å². The van der Waals surface area contributed by atoms with Crippen LogP contribution in [-0.2, 0) is 0 Å². The minimum atomic E-state index is 0.408. The van der Waals surface area contributed by atoms with Gasteiger partial charge >= 0.3 is 0 Å². The van der Waals surface area contributed by atoms with E-state index in [2.05, 4.69) is 47.6 Å². The van der Waals surface area contributed by atoms with Gasteiger partial charge in [0.05, 0.1) is 0 Å². The summed E-state index contributed by atoms with van der Waals surface area (Å²) in [4.78, 5) is 0. The highest BCUT2D eigenvalue weighted by Gasteiger charge is 2.31. The van der Waals surface area contributed by atoms with Crippen LogP contribution >= 0.6 is 0 Å². The molecule has 0 amide bonds. The Morgan fingerprint density at radius 3 is 2.13 bits per heavy atom. The number of rotatable bonds is 4. The molecule has 0 spiro atoms. The molecule has 0 radical (unpaired) electrons. The Morgan fingerprint density at radius 1 is 1.20 bits per heavy atom. The van der Waals surface area contributed by atoms with Crippen LogP contribution in [0.5, 0.6) is 0 Å². The van der Waals surface area contributed by atoms with Crippen LogP contribution in [0.3, 0.4) is 0 Å². The van der Waals surface area contributed by atoms with E-state index in [1.54, 1.807) is 5.57 Å². The Morgan fingerprint density at radius 2 is 1.73 bits per heavy atom. The second-order valence-corrected chi connectivity index (χ2v) is 7.02. The molecule has 0 N–H and O–H groups in total. The van der Waals surface area contributed by atoms with Crippen LogP contribution in [0.2, 0.25) is 0 Å². The first-order valence-electron chi connectivity index (χ1n) is 6.46. The Hall–Kier alpha value is -0.260. The van der Waals surface area contributed by atoms with Crippen molar-refractivity contribution in [2.45, 2.75) is 67.2 Å². The number of hydrogen-bond acceptors (Lipinski definition) is 0. The smallest absolute Gasteiger partial charge is 0.0173 e. The fraction of sp³-hybridized carbons (Fsp3) is 0.867. The van der Waals surface area contributed by atoms with Crippen molar-refractivity contribution in [2.75, 3.05) is 0 Å². The second-order valence-electron chi connectivity index (χ2n) is 7.02. The molecule has 0 fully saturated rings. The standard InChI is InChI=1S/C15H28/c1-7-8-15(5,6)11-12-9-13(10-12)14(2,3)4/h9,12H,7-8,10-11H2,1-6H3. The first-order chi connectivity index (χ1) is 6.74. The van der Waals surface area contributed by atoms with Crippen LogP contribution in [0.25, 0.3) is 0 Å². The van der Waals surface area contributed by atoms with E-state index in [0.717, 1.165) is 5.92 Å². The molecule has 88 valence electrons. The molecule has 0 bridgehead atoms. The summed E-state index contributed by atoms with van der Waals surface area (Å²) in [6.07, 6.45) is 7.92. The molecule has 0 saturated carbocycles. The third-order valence-corrected chi connectivity index (χ3v) is 3.62. The molecule has 0 aromatic carbocycles. The Balaban J connectivity index is 2.43. The predicted molar refractivity (Wildman–Crippen MR) is 69.0 cm³/mol. The topological polar surface area (TPSA) is 0 Å². The van der Waals surface area contributed by atoms with Gasteiger partial charge in [-0.05, 0) is 36.0 Å². The molecule has 15 heavy (non-hydrogen) atoms. The van der Waals surface area contributed by atoms with Gasteiger partial charge in [-0.15, -0.1) is 0 Å². The molecule has 0 aliphatic heterocycles. The van der Waals surface area contributed by atoms with E-state index < -0.39 is 0 Å². The van der Waals surface area contributed by atoms with Crippen LogP contribution in [0, 0.1) is 16.7 Å². The zero-order valence-corrected chi connectivity index (χ0v) is 11.5. The molecule has 1 aliphatic carbocycles. The molecule has 0 saturated heterocycles. The lowest BCUT2D eigenvalue weighted by Gasteiger charge is -2.38. The lowest BCUT2D eigenvalue weighted by atomic mass is 9.67. The van der Waals surface area contributed by atoms with Crippen molar-refractivity contribution in [1.82, 2.24) is 0 Å². The van der Waals surface area contributed by atoms with Gasteiger partial charge in [-0.1, -0.05) is 59.6 Å². The van der Waals surface area contributed by atoms with E-state index in [9.17, 15) is 0 Å². The van der Waals surface area contributed by atoms with Gasteiger partial charge in [-0.2, -0.15) is 0 Å². The summed E-state index contributed by atoms with van der Waals surface area (Å²) in [6.45, 7) is 14.1. The molecular weight excluding hydrogens is 180 g/mol. The van der Waals surface area contributed by atoms with Crippen LogP contribution < -0.4 is 0 Å². The van der Waals surface area contributed by atoms with Gasteiger partial charge in [-0.25, -0.2) is 0 Å². The predicted octanol–water partition coefficient (Wildman–Crippen LogP) is 5.20. The average molecular weight is 208 g/mol. The lowest BCUT2D eigenvalue weighted by molar-refractivity contribution is 0.245. The third-order valence-electron chi connectivity index (χ3n) is 3.62. The monoisotopic (exact) mass is 208 g/mol. The zero-order valence-electron chi connectivity index (χ0n) is 11.5. The lowest BCUT2D eigenvalue weighted by Crippen LogP contribution is -2.25. The summed E-state index contributed by atoms with van der Waals surface area (Å²) >= 11 is 0. The molecule has 0 nitrogen and oxygen atoms in total. The van der Waals surface area contributed by atoms with E-state index in [0.29, 0.717) is 10.8 Å². The highest BCUT2D eigenvalue weighted by molar-refractivity contribution is 5.22. The van der Waals surface area contributed by atoms with Crippen molar-refractivity contribution >= 4 is 0 Å². The maximum absolute atomic E-state index is 2.53. The Kier molecular flexibility index (Phi) is 3.68. The molecule has 1 atom stereocenters. The van der Waals surface area contributed by atoms with Crippen molar-refractivity contribution in [2.24, 2.45) is 16.7 Å². The molecule has 1 unspecified atom stereocenters. The third kappa shape index (κ3) is 3.66. The Bertz CT molecular complexity index is 237. The minimum Gasteiger partial charge on any atom is -0.0813 e. The second kappa shape index (κ2) is 4.31. The highest BCUT2D eigenvalue weighted by atomic mass is 14.4. The molecule has 1 aliphatic rings.